The molecule has 2 aromatic rings. The van der Waals surface area contributed by atoms with E-state index in [1.165, 1.54) is 6.26 Å². The molecule has 27 heavy (non-hydrogen) atoms. The van der Waals surface area contributed by atoms with Crippen molar-refractivity contribution in [3.05, 3.63) is 35.5 Å². The maximum absolute atomic E-state index is 11.8. The molecule has 142 valence electrons. The lowest BCUT2D eigenvalue weighted by molar-refractivity contribution is -0.115. The Balaban J connectivity index is 1.76. The SMILES string of the molecule is CS(=O)(=O)Cc1cc(N2CCOCC2)nc(-c2ccc3c(c2)CC(=O)N3)n1. The van der Waals surface area contributed by atoms with Gasteiger partial charge in [0.1, 0.15) is 5.82 Å². The first-order chi connectivity index (χ1) is 12.9. The monoisotopic (exact) mass is 388 g/mol. The fraction of sp³-hybridized carbons (Fsp3) is 0.389. The predicted molar refractivity (Wildman–Crippen MR) is 101 cm³/mol. The van der Waals surface area contributed by atoms with Crippen LogP contribution in [-0.4, -0.2) is 56.9 Å². The van der Waals surface area contributed by atoms with Gasteiger partial charge < -0.3 is 15.0 Å². The number of carbonyl (C=O) groups excluding carboxylic acids is 1. The average Bonchev–Trinajstić information content (AvgIpc) is 3.00. The lowest BCUT2D eigenvalue weighted by Crippen LogP contribution is -2.37. The molecule has 9 heteroatoms. The Hall–Kier alpha value is -2.52. The molecular weight excluding hydrogens is 368 g/mol. The molecule has 2 aliphatic heterocycles. The van der Waals surface area contributed by atoms with Crippen molar-refractivity contribution in [2.75, 3.05) is 42.8 Å². The van der Waals surface area contributed by atoms with Crippen molar-refractivity contribution < 1.29 is 17.9 Å². The minimum absolute atomic E-state index is 0.0390. The van der Waals surface area contributed by atoms with Gasteiger partial charge in [-0.05, 0) is 23.8 Å². The Labute approximate surface area is 157 Å². The van der Waals surface area contributed by atoms with Crippen molar-refractivity contribution >= 4 is 27.2 Å². The third-order valence-electron chi connectivity index (χ3n) is 4.50. The number of hydrogen-bond donors (Lipinski definition) is 1. The normalized spacial score (nSPS) is 16.9. The number of morpholine rings is 1. The molecular formula is C18H20N4O4S. The van der Waals surface area contributed by atoms with Gasteiger partial charge in [0, 0.05) is 36.7 Å². The van der Waals surface area contributed by atoms with Crippen LogP contribution in [-0.2, 0) is 31.5 Å². The minimum atomic E-state index is -3.23. The van der Waals surface area contributed by atoms with Gasteiger partial charge >= 0.3 is 0 Å². The molecule has 4 rings (SSSR count). The predicted octanol–water partition coefficient (Wildman–Crippen LogP) is 1.02. The largest absolute Gasteiger partial charge is 0.378 e. The van der Waals surface area contributed by atoms with Crippen LogP contribution in [0.15, 0.2) is 24.3 Å². The summed E-state index contributed by atoms with van der Waals surface area (Å²) in [5.41, 5.74) is 2.90. The third-order valence-corrected chi connectivity index (χ3v) is 5.32. The third kappa shape index (κ3) is 4.09. The van der Waals surface area contributed by atoms with Gasteiger partial charge in [-0.15, -0.1) is 0 Å². The summed E-state index contributed by atoms with van der Waals surface area (Å²) in [6.45, 7) is 2.59. The first kappa shape index (κ1) is 17.9. The van der Waals surface area contributed by atoms with Crippen LogP contribution < -0.4 is 10.2 Å². The van der Waals surface area contributed by atoms with E-state index in [2.05, 4.69) is 20.2 Å². The summed E-state index contributed by atoms with van der Waals surface area (Å²) in [6, 6.07) is 7.29. The molecule has 1 aromatic carbocycles. The second-order valence-electron chi connectivity index (χ2n) is 6.81. The van der Waals surface area contributed by atoms with E-state index in [0.29, 0.717) is 50.1 Å². The number of aromatic nitrogens is 2. The fourth-order valence-corrected chi connectivity index (χ4v) is 3.96. The maximum atomic E-state index is 11.8. The fourth-order valence-electron chi connectivity index (χ4n) is 3.28. The highest BCUT2D eigenvalue weighted by Gasteiger charge is 2.21. The topological polar surface area (TPSA) is 101 Å². The van der Waals surface area contributed by atoms with Crippen molar-refractivity contribution in [2.24, 2.45) is 0 Å². The van der Waals surface area contributed by atoms with Gasteiger partial charge in [-0.2, -0.15) is 0 Å². The van der Waals surface area contributed by atoms with Crippen molar-refractivity contribution in [3.63, 3.8) is 0 Å². The summed E-state index contributed by atoms with van der Waals surface area (Å²) in [5, 5.41) is 2.80. The van der Waals surface area contributed by atoms with Crippen LogP contribution in [0.5, 0.6) is 0 Å². The molecule has 0 spiro atoms. The first-order valence-electron chi connectivity index (χ1n) is 8.69. The van der Waals surface area contributed by atoms with E-state index in [1.54, 1.807) is 6.07 Å². The number of amides is 1. The van der Waals surface area contributed by atoms with Crippen LogP contribution in [0.1, 0.15) is 11.3 Å². The highest BCUT2D eigenvalue weighted by atomic mass is 32.2. The number of fused-ring (bicyclic) bond motifs is 1. The van der Waals surface area contributed by atoms with Gasteiger partial charge in [-0.25, -0.2) is 18.4 Å². The van der Waals surface area contributed by atoms with Gasteiger partial charge in [0.2, 0.25) is 5.91 Å². The molecule has 0 bridgehead atoms. The Bertz CT molecular complexity index is 1000. The molecule has 0 unspecified atom stereocenters. The van der Waals surface area contributed by atoms with Crippen molar-refractivity contribution in [1.29, 1.82) is 0 Å². The molecule has 8 nitrogen and oxygen atoms in total. The van der Waals surface area contributed by atoms with Gasteiger partial charge in [0.15, 0.2) is 15.7 Å². The molecule has 3 heterocycles. The zero-order valence-corrected chi connectivity index (χ0v) is 15.8. The Morgan fingerprint density at radius 1 is 1.19 bits per heavy atom. The molecule has 1 N–H and O–H groups in total. The number of hydrogen-bond acceptors (Lipinski definition) is 7. The molecule has 0 aliphatic carbocycles. The summed E-state index contributed by atoms with van der Waals surface area (Å²) >= 11 is 0. The number of rotatable bonds is 4. The lowest BCUT2D eigenvalue weighted by atomic mass is 10.1. The van der Waals surface area contributed by atoms with E-state index in [0.717, 1.165) is 16.8 Å². The van der Waals surface area contributed by atoms with Crippen LogP contribution in [0.25, 0.3) is 11.4 Å². The first-order valence-corrected chi connectivity index (χ1v) is 10.7. The number of sulfone groups is 1. The van der Waals surface area contributed by atoms with E-state index in [-0.39, 0.29) is 11.7 Å². The Morgan fingerprint density at radius 2 is 1.96 bits per heavy atom. The van der Waals surface area contributed by atoms with Crippen molar-refractivity contribution in [1.82, 2.24) is 9.97 Å². The highest BCUT2D eigenvalue weighted by Crippen LogP contribution is 2.29. The molecule has 1 fully saturated rings. The number of ether oxygens (including phenoxy) is 1. The second-order valence-corrected chi connectivity index (χ2v) is 8.95. The molecule has 2 aliphatic rings. The van der Waals surface area contributed by atoms with Crippen LogP contribution in [0.3, 0.4) is 0 Å². The second kappa shape index (κ2) is 6.90. The minimum Gasteiger partial charge on any atom is -0.378 e. The molecule has 1 aromatic heterocycles. The number of carbonyl (C=O) groups is 1. The smallest absolute Gasteiger partial charge is 0.228 e. The standard InChI is InChI=1S/C18H20N4O4S/c1-27(24,25)11-14-10-16(22-4-6-26-7-5-22)21-18(19-14)12-2-3-15-13(8-12)9-17(23)20-15/h2-3,8,10H,4-7,9,11H2,1H3,(H,20,23). The summed E-state index contributed by atoms with van der Waals surface area (Å²) < 4.78 is 29.0. The number of nitrogens with zero attached hydrogens (tertiary/aromatic N) is 3. The number of nitrogens with one attached hydrogen (secondary N) is 1. The zero-order chi connectivity index (χ0) is 19.0. The quantitative estimate of drug-likeness (QED) is 0.834. The number of benzene rings is 1. The van der Waals surface area contributed by atoms with E-state index in [4.69, 9.17) is 4.74 Å². The van der Waals surface area contributed by atoms with Crippen molar-refractivity contribution in [2.45, 2.75) is 12.2 Å². The van der Waals surface area contributed by atoms with Gasteiger partial charge in [0.25, 0.3) is 0 Å². The van der Waals surface area contributed by atoms with Gasteiger partial charge in [0.05, 0.1) is 31.1 Å². The lowest BCUT2D eigenvalue weighted by Gasteiger charge is -2.28. The average molecular weight is 388 g/mol. The zero-order valence-electron chi connectivity index (χ0n) is 14.9. The Morgan fingerprint density at radius 3 is 2.70 bits per heavy atom. The van der Waals surface area contributed by atoms with Crippen LogP contribution in [0.2, 0.25) is 0 Å². The summed E-state index contributed by atoms with van der Waals surface area (Å²) in [4.78, 5) is 22.8. The summed E-state index contributed by atoms with van der Waals surface area (Å²) in [6.07, 6.45) is 1.51. The molecule has 0 radical (unpaired) electrons. The van der Waals surface area contributed by atoms with Crippen LogP contribution in [0, 0.1) is 0 Å². The van der Waals surface area contributed by atoms with Crippen molar-refractivity contribution in [3.8, 4) is 11.4 Å². The summed E-state index contributed by atoms with van der Waals surface area (Å²) in [7, 11) is -3.23. The molecule has 1 amide bonds. The van der Waals surface area contributed by atoms with Crippen LogP contribution >= 0.6 is 0 Å². The van der Waals surface area contributed by atoms with E-state index < -0.39 is 9.84 Å². The van der Waals surface area contributed by atoms with Gasteiger partial charge in [-0.1, -0.05) is 0 Å². The Kier molecular flexibility index (Phi) is 4.56. The number of anilines is 2. The molecule has 0 saturated carbocycles. The maximum Gasteiger partial charge on any atom is 0.228 e. The summed E-state index contributed by atoms with van der Waals surface area (Å²) in [5.74, 6) is 0.963. The molecule has 0 atom stereocenters. The van der Waals surface area contributed by atoms with E-state index >= 15 is 0 Å². The van der Waals surface area contributed by atoms with E-state index in [9.17, 15) is 13.2 Å². The van der Waals surface area contributed by atoms with E-state index in [1.807, 2.05) is 18.2 Å². The highest BCUT2D eigenvalue weighted by molar-refractivity contribution is 7.89. The van der Waals surface area contributed by atoms with Crippen LogP contribution in [0.4, 0.5) is 11.5 Å². The molecule has 1 saturated heterocycles. The van der Waals surface area contributed by atoms with Gasteiger partial charge in [-0.3, -0.25) is 4.79 Å².